The van der Waals surface area contributed by atoms with Gasteiger partial charge in [0.05, 0.1) is 12.9 Å². The first kappa shape index (κ1) is 17.9. The summed E-state index contributed by atoms with van der Waals surface area (Å²) in [6, 6.07) is 14.4. The van der Waals surface area contributed by atoms with Crippen molar-refractivity contribution in [3.05, 3.63) is 54.1 Å². The lowest BCUT2D eigenvalue weighted by Gasteiger charge is -2.08. The number of ether oxygens (including phenoxy) is 1. The molecule has 0 fully saturated rings. The van der Waals surface area contributed by atoms with E-state index >= 15 is 0 Å². The van der Waals surface area contributed by atoms with E-state index in [0.29, 0.717) is 17.8 Å². The number of carbonyl (C=O) groups excluding carboxylic acids is 2. The lowest BCUT2D eigenvalue weighted by molar-refractivity contribution is -0.113. The van der Waals surface area contributed by atoms with Crippen LogP contribution in [0, 0.1) is 0 Å². The van der Waals surface area contributed by atoms with Gasteiger partial charge in [0.15, 0.2) is 0 Å². The van der Waals surface area contributed by atoms with Gasteiger partial charge in [-0.15, -0.1) is 11.8 Å². The number of carbonyl (C=O) groups is 2. The number of hydrogen-bond donors (Lipinski definition) is 2. The van der Waals surface area contributed by atoms with E-state index in [1.165, 1.54) is 11.8 Å². The van der Waals surface area contributed by atoms with Gasteiger partial charge >= 0.3 is 0 Å². The van der Waals surface area contributed by atoms with E-state index < -0.39 is 0 Å². The minimum Gasteiger partial charge on any atom is -0.497 e. The Balaban J connectivity index is 1.89. The summed E-state index contributed by atoms with van der Waals surface area (Å²) in [4.78, 5) is 24.9. The fourth-order valence-electron chi connectivity index (χ4n) is 2.02. The van der Waals surface area contributed by atoms with E-state index in [4.69, 9.17) is 4.74 Å². The molecule has 0 aliphatic rings. The molecule has 0 saturated heterocycles. The molecule has 0 aliphatic carbocycles. The molecule has 2 aromatic carbocycles. The first-order valence-electron chi connectivity index (χ1n) is 7.57. The van der Waals surface area contributed by atoms with Crippen molar-refractivity contribution in [1.82, 2.24) is 5.32 Å². The molecule has 126 valence electrons. The number of anilines is 1. The minimum atomic E-state index is -0.152. The lowest BCUT2D eigenvalue weighted by atomic mass is 10.2. The molecular formula is C18H20N2O3S. The maximum absolute atomic E-state index is 12.1. The molecule has 0 atom stereocenters. The van der Waals surface area contributed by atoms with Crippen LogP contribution < -0.4 is 15.4 Å². The molecule has 0 aromatic heterocycles. The topological polar surface area (TPSA) is 67.4 Å². The van der Waals surface area contributed by atoms with Crippen LogP contribution in [0.3, 0.4) is 0 Å². The van der Waals surface area contributed by atoms with Gasteiger partial charge in [-0.25, -0.2) is 0 Å². The third kappa shape index (κ3) is 5.31. The molecule has 5 nitrogen and oxygen atoms in total. The van der Waals surface area contributed by atoms with Crippen molar-refractivity contribution in [2.75, 3.05) is 24.7 Å². The van der Waals surface area contributed by atoms with Gasteiger partial charge in [0.2, 0.25) is 5.91 Å². The minimum absolute atomic E-state index is 0.121. The summed E-state index contributed by atoms with van der Waals surface area (Å²) >= 11 is 1.44. The summed E-state index contributed by atoms with van der Waals surface area (Å²) in [6.45, 7) is 2.42. The summed E-state index contributed by atoms with van der Waals surface area (Å²) in [5.74, 6) is 0.800. The SMILES string of the molecule is CCNC(=O)c1cccc(NC(=O)CSc2ccc(OC)cc2)c1. The number of nitrogens with one attached hydrogen (secondary N) is 2. The number of benzene rings is 2. The third-order valence-corrected chi connectivity index (χ3v) is 4.19. The molecule has 0 aliphatic heterocycles. The van der Waals surface area contributed by atoms with E-state index in [1.54, 1.807) is 31.4 Å². The van der Waals surface area contributed by atoms with Crippen molar-refractivity contribution < 1.29 is 14.3 Å². The van der Waals surface area contributed by atoms with Crippen molar-refractivity contribution in [2.45, 2.75) is 11.8 Å². The Kier molecular flexibility index (Phi) is 6.69. The fourth-order valence-corrected chi connectivity index (χ4v) is 2.72. The number of amides is 2. The first-order valence-corrected chi connectivity index (χ1v) is 8.56. The second kappa shape index (κ2) is 8.98. The Morgan fingerprint density at radius 2 is 1.88 bits per heavy atom. The van der Waals surface area contributed by atoms with Crippen molar-refractivity contribution >= 4 is 29.3 Å². The molecule has 2 N–H and O–H groups in total. The zero-order valence-corrected chi connectivity index (χ0v) is 14.5. The van der Waals surface area contributed by atoms with Gasteiger partial charge in [-0.1, -0.05) is 6.07 Å². The summed E-state index contributed by atoms with van der Waals surface area (Å²) in [5, 5.41) is 5.54. The van der Waals surface area contributed by atoms with Crippen LogP contribution >= 0.6 is 11.8 Å². The summed E-state index contributed by atoms with van der Waals surface area (Å²) in [5.41, 5.74) is 1.14. The molecule has 0 heterocycles. The third-order valence-electron chi connectivity index (χ3n) is 3.18. The van der Waals surface area contributed by atoms with Crippen LogP contribution in [-0.2, 0) is 4.79 Å². The predicted octanol–water partition coefficient (Wildman–Crippen LogP) is 3.18. The van der Waals surface area contributed by atoms with E-state index in [9.17, 15) is 9.59 Å². The van der Waals surface area contributed by atoms with Crippen LogP contribution in [0.4, 0.5) is 5.69 Å². The van der Waals surface area contributed by atoms with Gasteiger partial charge in [-0.2, -0.15) is 0 Å². The molecule has 0 saturated carbocycles. The van der Waals surface area contributed by atoms with Crippen molar-refractivity contribution in [3.63, 3.8) is 0 Å². The molecular weight excluding hydrogens is 324 g/mol. The monoisotopic (exact) mass is 344 g/mol. The van der Waals surface area contributed by atoms with Crippen LogP contribution in [0.15, 0.2) is 53.4 Å². The van der Waals surface area contributed by atoms with E-state index in [0.717, 1.165) is 10.6 Å². The molecule has 2 amide bonds. The number of methoxy groups -OCH3 is 1. The molecule has 0 spiro atoms. The number of thioether (sulfide) groups is 1. The average molecular weight is 344 g/mol. The smallest absolute Gasteiger partial charge is 0.251 e. The Bertz CT molecular complexity index is 702. The van der Waals surface area contributed by atoms with Crippen molar-refractivity contribution in [2.24, 2.45) is 0 Å². The fraction of sp³-hybridized carbons (Fsp3) is 0.222. The zero-order valence-electron chi connectivity index (χ0n) is 13.7. The Morgan fingerprint density at radius 1 is 1.12 bits per heavy atom. The predicted molar refractivity (Wildman–Crippen MR) is 96.8 cm³/mol. The van der Waals surface area contributed by atoms with E-state index in [-0.39, 0.29) is 17.6 Å². The molecule has 2 rings (SSSR count). The Labute approximate surface area is 145 Å². The van der Waals surface area contributed by atoms with Crippen LogP contribution in [0.25, 0.3) is 0 Å². The second-order valence-corrected chi connectivity index (χ2v) is 6.00. The summed E-state index contributed by atoms with van der Waals surface area (Å²) in [7, 11) is 1.62. The largest absolute Gasteiger partial charge is 0.497 e. The Hall–Kier alpha value is -2.47. The number of rotatable bonds is 7. The highest BCUT2D eigenvalue weighted by Crippen LogP contribution is 2.21. The Morgan fingerprint density at radius 3 is 2.54 bits per heavy atom. The molecule has 24 heavy (non-hydrogen) atoms. The van der Waals surface area contributed by atoms with E-state index in [2.05, 4.69) is 10.6 Å². The summed E-state index contributed by atoms with van der Waals surface area (Å²) < 4.78 is 5.10. The van der Waals surface area contributed by atoms with Gasteiger partial charge in [0.1, 0.15) is 5.75 Å². The standard InChI is InChI=1S/C18H20N2O3S/c1-3-19-18(22)13-5-4-6-14(11-13)20-17(21)12-24-16-9-7-15(23-2)8-10-16/h4-11H,3,12H2,1-2H3,(H,19,22)(H,20,21). The summed E-state index contributed by atoms with van der Waals surface area (Å²) in [6.07, 6.45) is 0. The highest BCUT2D eigenvalue weighted by atomic mass is 32.2. The molecule has 0 bridgehead atoms. The van der Waals surface area contributed by atoms with Crippen LogP contribution in [0.5, 0.6) is 5.75 Å². The molecule has 6 heteroatoms. The molecule has 0 unspecified atom stereocenters. The maximum Gasteiger partial charge on any atom is 0.251 e. The van der Waals surface area contributed by atoms with Gasteiger partial charge in [0, 0.05) is 22.7 Å². The van der Waals surface area contributed by atoms with Gasteiger partial charge in [-0.3, -0.25) is 9.59 Å². The molecule has 2 aromatic rings. The average Bonchev–Trinajstić information content (AvgIpc) is 2.61. The highest BCUT2D eigenvalue weighted by molar-refractivity contribution is 8.00. The van der Waals surface area contributed by atoms with Crippen LogP contribution in [0.2, 0.25) is 0 Å². The first-order chi connectivity index (χ1) is 11.6. The van der Waals surface area contributed by atoms with E-state index in [1.807, 2.05) is 31.2 Å². The van der Waals surface area contributed by atoms with Crippen molar-refractivity contribution in [3.8, 4) is 5.75 Å². The molecule has 0 radical (unpaired) electrons. The van der Waals surface area contributed by atoms with Crippen LogP contribution in [-0.4, -0.2) is 31.2 Å². The second-order valence-electron chi connectivity index (χ2n) is 4.95. The highest BCUT2D eigenvalue weighted by Gasteiger charge is 2.07. The quantitative estimate of drug-likeness (QED) is 0.757. The van der Waals surface area contributed by atoms with Crippen molar-refractivity contribution in [1.29, 1.82) is 0 Å². The van der Waals surface area contributed by atoms with Gasteiger partial charge in [-0.05, 0) is 49.4 Å². The number of hydrogen-bond acceptors (Lipinski definition) is 4. The zero-order chi connectivity index (χ0) is 17.4. The van der Waals surface area contributed by atoms with Crippen LogP contribution in [0.1, 0.15) is 17.3 Å². The normalized spacial score (nSPS) is 10.1. The maximum atomic E-state index is 12.1. The lowest BCUT2D eigenvalue weighted by Crippen LogP contribution is -2.23. The van der Waals surface area contributed by atoms with Gasteiger partial charge < -0.3 is 15.4 Å². The van der Waals surface area contributed by atoms with Gasteiger partial charge in [0.25, 0.3) is 5.91 Å².